The highest BCUT2D eigenvalue weighted by Gasteiger charge is 2.16. The fourth-order valence-electron chi connectivity index (χ4n) is 3.04. The monoisotopic (exact) mass is 406 g/mol. The van der Waals surface area contributed by atoms with Gasteiger partial charge in [0.1, 0.15) is 5.76 Å². The Labute approximate surface area is 168 Å². The van der Waals surface area contributed by atoms with Gasteiger partial charge in [0.25, 0.3) is 0 Å². The molecule has 0 aromatic rings. The second-order valence-corrected chi connectivity index (χ2v) is 7.23. The molecule has 0 N–H and O–H groups in total. The molecule has 0 aliphatic heterocycles. The Balaban J connectivity index is 2.13. The summed E-state index contributed by atoms with van der Waals surface area (Å²) in [6, 6.07) is 0. The van der Waals surface area contributed by atoms with Crippen molar-refractivity contribution in [3.63, 3.8) is 0 Å². The summed E-state index contributed by atoms with van der Waals surface area (Å²) in [4.78, 5) is 19.7. The van der Waals surface area contributed by atoms with E-state index in [1.165, 1.54) is 45.6 Å². The van der Waals surface area contributed by atoms with Gasteiger partial charge in [0.15, 0.2) is 0 Å². The first-order valence-electron chi connectivity index (χ1n) is 10.6. The summed E-state index contributed by atoms with van der Waals surface area (Å²) in [5.74, 6) is 0.483. The molecular weight excluding hydrogens is 368 g/mol. The number of rotatable bonds is 18. The van der Waals surface area contributed by atoms with E-state index in [0.717, 1.165) is 38.5 Å². The van der Waals surface area contributed by atoms with E-state index < -0.39 is 0 Å². The smallest absolute Gasteiger partial charge is 0.147 e. The minimum Gasteiger partial charge on any atom is -0.313 e. The lowest BCUT2D eigenvalue weighted by molar-refractivity contribution is -0.714. The van der Waals surface area contributed by atoms with Crippen molar-refractivity contribution in [2.45, 2.75) is 97.0 Å². The Morgan fingerprint density at radius 1 is 0.929 bits per heavy atom. The molecular formula is C20H38O8. The molecule has 1 saturated carbocycles. The summed E-state index contributed by atoms with van der Waals surface area (Å²) in [6.45, 7) is 4.31. The van der Waals surface area contributed by atoms with Crippen molar-refractivity contribution in [1.82, 2.24) is 0 Å². The molecule has 0 amide bonds. The lowest BCUT2D eigenvalue weighted by Crippen LogP contribution is -2.17. The van der Waals surface area contributed by atoms with Crippen LogP contribution >= 0.6 is 0 Å². The molecule has 0 radical (unpaired) electrons. The molecule has 0 heterocycles. The van der Waals surface area contributed by atoms with Crippen LogP contribution < -0.4 is 0 Å². The quantitative estimate of drug-likeness (QED) is 0.122. The van der Waals surface area contributed by atoms with Crippen LogP contribution in [0.15, 0.2) is 11.8 Å². The largest absolute Gasteiger partial charge is 0.313 e. The van der Waals surface area contributed by atoms with E-state index in [1.54, 1.807) is 0 Å². The van der Waals surface area contributed by atoms with Gasteiger partial charge in [0, 0.05) is 5.92 Å². The predicted octanol–water partition coefficient (Wildman–Crippen LogP) is 5.84. The lowest BCUT2D eigenvalue weighted by atomic mass is 9.98. The van der Waals surface area contributed by atoms with Crippen LogP contribution in [0.25, 0.3) is 0 Å². The second kappa shape index (κ2) is 18.3. The number of allylic oxidation sites excluding steroid dienone is 1. The molecule has 1 unspecified atom stereocenters. The van der Waals surface area contributed by atoms with E-state index in [2.05, 4.69) is 32.0 Å². The minimum absolute atomic E-state index is 0.0485. The maximum absolute atomic E-state index is 5.16. The third-order valence-electron chi connectivity index (χ3n) is 4.74. The molecule has 166 valence electrons. The molecule has 1 rings (SSSR count). The Morgan fingerprint density at radius 2 is 1.68 bits per heavy atom. The van der Waals surface area contributed by atoms with Crippen LogP contribution in [-0.2, 0) is 39.7 Å². The number of unbranched alkanes of at least 4 members (excludes halogenated alkanes) is 6. The zero-order valence-corrected chi connectivity index (χ0v) is 17.7. The SMILES string of the molecule is CCCCCCCCC=C(OOOC)C(C)COOOOOC1CCCCC1. The highest BCUT2D eigenvalue weighted by atomic mass is 17.8. The van der Waals surface area contributed by atoms with E-state index in [-0.39, 0.29) is 18.6 Å². The molecule has 0 saturated heterocycles. The van der Waals surface area contributed by atoms with E-state index >= 15 is 0 Å². The Bertz CT molecular complexity index is 371. The molecule has 0 spiro atoms. The fraction of sp³-hybridized carbons (Fsp3) is 0.900. The molecule has 1 aliphatic rings. The molecule has 0 aromatic heterocycles. The second-order valence-electron chi connectivity index (χ2n) is 7.23. The van der Waals surface area contributed by atoms with Crippen molar-refractivity contribution in [2.75, 3.05) is 13.7 Å². The molecule has 0 bridgehead atoms. The van der Waals surface area contributed by atoms with E-state index in [1.807, 2.05) is 13.0 Å². The Kier molecular flexibility index (Phi) is 16.5. The molecule has 8 heteroatoms. The molecule has 28 heavy (non-hydrogen) atoms. The average molecular weight is 407 g/mol. The van der Waals surface area contributed by atoms with E-state index in [9.17, 15) is 0 Å². The summed E-state index contributed by atoms with van der Waals surface area (Å²) in [5, 5.41) is 18.1. The lowest BCUT2D eigenvalue weighted by Gasteiger charge is -2.18. The van der Waals surface area contributed by atoms with Gasteiger partial charge < -0.3 is 4.89 Å². The fourth-order valence-corrected chi connectivity index (χ4v) is 3.04. The highest BCUT2D eigenvalue weighted by Crippen LogP contribution is 2.20. The maximum atomic E-state index is 5.16. The topological polar surface area (TPSA) is 73.8 Å². The van der Waals surface area contributed by atoms with Gasteiger partial charge in [-0.2, -0.15) is 4.89 Å². The van der Waals surface area contributed by atoms with E-state index in [0.29, 0.717) is 5.76 Å². The van der Waals surface area contributed by atoms with Crippen LogP contribution in [-0.4, -0.2) is 19.8 Å². The van der Waals surface area contributed by atoms with Crippen LogP contribution in [0.1, 0.15) is 90.9 Å². The maximum Gasteiger partial charge on any atom is 0.147 e. The van der Waals surface area contributed by atoms with Crippen LogP contribution in [0.4, 0.5) is 0 Å². The van der Waals surface area contributed by atoms with Crippen LogP contribution in [0.5, 0.6) is 0 Å². The number of hydrogen-bond donors (Lipinski definition) is 0. The predicted molar refractivity (Wildman–Crippen MR) is 102 cm³/mol. The average Bonchev–Trinajstić information content (AvgIpc) is 2.72. The zero-order chi connectivity index (χ0) is 20.3. The summed E-state index contributed by atoms with van der Waals surface area (Å²) in [5.41, 5.74) is 0. The first kappa shape index (κ1) is 25.3. The normalized spacial score (nSPS) is 17.0. The minimum atomic E-state index is -0.127. The first-order valence-corrected chi connectivity index (χ1v) is 10.6. The van der Waals surface area contributed by atoms with Gasteiger partial charge in [0.05, 0.1) is 19.8 Å². The van der Waals surface area contributed by atoms with Gasteiger partial charge in [0.2, 0.25) is 0 Å². The van der Waals surface area contributed by atoms with Gasteiger partial charge in [-0.05, 0) is 51.9 Å². The first-order chi connectivity index (χ1) is 13.8. The van der Waals surface area contributed by atoms with Gasteiger partial charge in [-0.15, -0.1) is 0 Å². The van der Waals surface area contributed by atoms with Crippen LogP contribution in [0, 0.1) is 5.92 Å². The van der Waals surface area contributed by atoms with E-state index in [4.69, 9.17) is 14.7 Å². The van der Waals surface area contributed by atoms with Gasteiger partial charge >= 0.3 is 0 Å². The van der Waals surface area contributed by atoms with Gasteiger partial charge in [-0.3, -0.25) is 0 Å². The van der Waals surface area contributed by atoms with Crippen molar-refractivity contribution in [3.8, 4) is 0 Å². The summed E-state index contributed by atoms with van der Waals surface area (Å²) in [7, 11) is 1.38. The molecule has 0 aromatic carbocycles. The van der Waals surface area contributed by atoms with Gasteiger partial charge in [-0.25, -0.2) is 9.78 Å². The summed E-state index contributed by atoms with van der Waals surface area (Å²) in [6.07, 6.45) is 15.8. The third kappa shape index (κ3) is 13.4. The Morgan fingerprint density at radius 3 is 2.43 bits per heavy atom. The zero-order valence-electron chi connectivity index (χ0n) is 17.7. The summed E-state index contributed by atoms with van der Waals surface area (Å²) < 4.78 is 0. The van der Waals surface area contributed by atoms with Crippen molar-refractivity contribution in [3.05, 3.63) is 11.8 Å². The third-order valence-corrected chi connectivity index (χ3v) is 4.74. The standard InChI is InChI=1S/C20H38O8/c1-4-5-6-7-8-9-13-16-20(24-25-21-3)18(2)17-22-26-28-27-23-19-14-11-10-12-15-19/h16,18-19H,4-15,17H2,1-3H3. The Hall–Kier alpha value is -0.740. The molecule has 8 nitrogen and oxygen atoms in total. The van der Waals surface area contributed by atoms with Gasteiger partial charge in [-0.1, -0.05) is 65.2 Å². The van der Waals surface area contributed by atoms with Crippen molar-refractivity contribution >= 4 is 0 Å². The molecule has 1 atom stereocenters. The molecule has 1 aliphatic carbocycles. The van der Waals surface area contributed by atoms with Crippen LogP contribution in [0.3, 0.4) is 0 Å². The summed E-state index contributed by atoms with van der Waals surface area (Å²) >= 11 is 0. The number of hydrogen-bond acceptors (Lipinski definition) is 8. The molecule has 1 fully saturated rings. The van der Waals surface area contributed by atoms with Crippen molar-refractivity contribution in [2.24, 2.45) is 5.92 Å². The van der Waals surface area contributed by atoms with Crippen LogP contribution in [0.2, 0.25) is 0 Å². The van der Waals surface area contributed by atoms with Crippen molar-refractivity contribution < 1.29 is 39.7 Å². The highest BCUT2D eigenvalue weighted by molar-refractivity contribution is 4.96. The van der Waals surface area contributed by atoms with Crippen molar-refractivity contribution in [1.29, 1.82) is 0 Å².